The summed E-state index contributed by atoms with van der Waals surface area (Å²) in [6.07, 6.45) is 4.93. The van der Waals surface area contributed by atoms with Crippen LogP contribution in [0.2, 0.25) is 10.0 Å². The van der Waals surface area contributed by atoms with E-state index < -0.39 is 5.92 Å². The molecule has 0 saturated carbocycles. The highest BCUT2D eigenvalue weighted by atomic mass is 35.5. The third-order valence-corrected chi connectivity index (χ3v) is 5.89. The first-order valence-corrected chi connectivity index (χ1v) is 11.2. The highest BCUT2D eigenvalue weighted by Crippen LogP contribution is 2.36. The van der Waals surface area contributed by atoms with Gasteiger partial charge in [0.1, 0.15) is 12.0 Å². The standard InChI is InChI=1S/C25H21Cl2N7/c1-15-9-19(20(11-28)17-4-6-18(26)7-5-17)21(27)10-22(15)34-25-23(29)24(32-14-33-25)31-13-16-3-2-8-30-12-16/h2-10,12,14,20H,13,29H2,1H3,(H2,31,32,33,34). The van der Waals surface area contributed by atoms with Gasteiger partial charge in [0.2, 0.25) is 0 Å². The SMILES string of the molecule is Cc1cc(C(C#N)c2ccc(Cl)cc2)c(Cl)cc1Nc1ncnc(NCc2cccnc2)c1N. The number of hydrogen-bond acceptors (Lipinski definition) is 7. The Morgan fingerprint density at radius 1 is 1.09 bits per heavy atom. The fraction of sp³-hybridized carbons (Fsp3) is 0.120. The third-order valence-electron chi connectivity index (χ3n) is 5.31. The molecule has 2 aromatic carbocycles. The Morgan fingerprint density at radius 2 is 1.85 bits per heavy atom. The number of nitriles is 1. The van der Waals surface area contributed by atoms with Gasteiger partial charge in [-0.15, -0.1) is 0 Å². The first-order valence-electron chi connectivity index (χ1n) is 10.4. The molecule has 34 heavy (non-hydrogen) atoms. The van der Waals surface area contributed by atoms with Crippen LogP contribution in [-0.2, 0) is 6.54 Å². The van der Waals surface area contributed by atoms with Gasteiger partial charge in [-0.1, -0.05) is 47.5 Å². The molecule has 2 aromatic heterocycles. The smallest absolute Gasteiger partial charge is 0.159 e. The van der Waals surface area contributed by atoms with Crippen LogP contribution >= 0.6 is 23.2 Å². The van der Waals surface area contributed by atoms with Gasteiger partial charge in [-0.25, -0.2) is 9.97 Å². The van der Waals surface area contributed by atoms with Crippen LogP contribution in [0.15, 0.2) is 67.3 Å². The molecule has 4 N–H and O–H groups in total. The lowest BCUT2D eigenvalue weighted by Crippen LogP contribution is -2.09. The van der Waals surface area contributed by atoms with E-state index in [1.165, 1.54) is 6.33 Å². The molecule has 9 heteroatoms. The van der Waals surface area contributed by atoms with Gasteiger partial charge in [-0.3, -0.25) is 4.98 Å². The van der Waals surface area contributed by atoms with E-state index in [1.54, 1.807) is 30.6 Å². The number of benzene rings is 2. The van der Waals surface area contributed by atoms with Crippen LogP contribution in [0.4, 0.5) is 23.0 Å². The number of nitrogen functional groups attached to an aromatic ring is 1. The molecule has 0 saturated heterocycles. The van der Waals surface area contributed by atoms with E-state index >= 15 is 0 Å². The van der Waals surface area contributed by atoms with Gasteiger partial charge in [-0.2, -0.15) is 5.26 Å². The summed E-state index contributed by atoms with van der Waals surface area (Å²) in [4.78, 5) is 12.6. The molecule has 2 heterocycles. The van der Waals surface area contributed by atoms with Crippen molar-refractivity contribution < 1.29 is 0 Å². The van der Waals surface area contributed by atoms with E-state index in [-0.39, 0.29) is 0 Å². The Balaban J connectivity index is 1.57. The van der Waals surface area contributed by atoms with Crippen molar-refractivity contribution in [2.75, 3.05) is 16.4 Å². The summed E-state index contributed by atoms with van der Waals surface area (Å²) in [6.45, 7) is 2.45. The minimum atomic E-state index is -0.523. The van der Waals surface area contributed by atoms with Crippen LogP contribution in [0.3, 0.4) is 0 Å². The zero-order valence-electron chi connectivity index (χ0n) is 18.3. The van der Waals surface area contributed by atoms with Crippen molar-refractivity contribution in [3.8, 4) is 6.07 Å². The molecular formula is C25H21Cl2N7. The lowest BCUT2D eigenvalue weighted by Gasteiger charge is -2.17. The maximum Gasteiger partial charge on any atom is 0.159 e. The van der Waals surface area contributed by atoms with Gasteiger partial charge in [0, 0.05) is 34.7 Å². The summed E-state index contributed by atoms with van der Waals surface area (Å²) in [5, 5.41) is 17.3. The lowest BCUT2D eigenvalue weighted by molar-refractivity contribution is 1.03. The van der Waals surface area contributed by atoms with Crippen LogP contribution in [0, 0.1) is 18.3 Å². The van der Waals surface area contributed by atoms with E-state index in [1.807, 2.05) is 37.3 Å². The molecule has 4 aromatic rings. The van der Waals surface area contributed by atoms with Gasteiger partial charge in [0.25, 0.3) is 0 Å². The van der Waals surface area contributed by atoms with E-state index in [0.717, 1.165) is 22.4 Å². The van der Waals surface area contributed by atoms with E-state index in [0.29, 0.717) is 39.5 Å². The van der Waals surface area contributed by atoms with Crippen molar-refractivity contribution in [2.24, 2.45) is 0 Å². The number of nitrogens with zero attached hydrogens (tertiary/aromatic N) is 4. The second kappa shape index (κ2) is 10.4. The maximum atomic E-state index is 9.82. The van der Waals surface area contributed by atoms with Crippen molar-refractivity contribution in [2.45, 2.75) is 19.4 Å². The molecule has 4 rings (SSSR count). The van der Waals surface area contributed by atoms with Gasteiger partial charge in [-0.05, 0) is 53.4 Å². The Bertz CT molecular complexity index is 1340. The number of pyridine rings is 1. The minimum Gasteiger partial charge on any atom is -0.393 e. The second-order valence-corrected chi connectivity index (χ2v) is 8.47. The van der Waals surface area contributed by atoms with Crippen LogP contribution < -0.4 is 16.4 Å². The van der Waals surface area contributed by atoms with Crippen LogP contribution in [0.5, 0.6) is 0 Å². The van der Waals surface area contributed by atoms with Gasteiger partial charge in [0.05, 0.1) is 12.0 Å². The monoisotopic (exact) mass is 489 g/mol. The van der Waals surface area contributed by atoms with Crippen molar-refractivity contribution in [1.82, 2.24) is 15.0 Å². The number of halogens is 2. The molecule has 1 unspecified atom stereocenters. The fourth-order valence-corrected chi connectivity index (χ4v) is 3.89. The number of nitrogens with one attached hydrogen (secondary N) is 2. The summed E-state index contributed by atoms with van der Waals surface area (Å²) < 4.78 is 0. The Kier molecular flexibility index (Phi) is 7.12. The zero-order valence-corrected chi connectivity index (χ0v) is 19.8. The number of nitrogens with two attached hydrogens (primary N) is 1. The lowest BCUT2D eigenvalue weighted by atomic mass is 9.91. The average Bonchev–Trinajstić information content (AvgIpc) is 2.84. The Hall–Kier alpha value is -3.86. The first kappa shape index (κ1) is 23.3. The molecule has 170 valence electrons. The van der Waals surface area contributed by atoms with Gasteiger partial charge >= 0.3 is 0 Å². The summed E-state index contributed by atoms with van der Waals surface area (Å²) in [5.74, 6) is 0.434. The molecule has 0 amide bonds. The Labute approximate surface area is 207 Å². The summed E-state index contributed by atoms with van der Waals surface area (Å²) >= 11 is 12.6. The number of aryl methyl sites for hydroxylation is 1. The predicted octanol–water partition coefficient (Wildman–Crippen LogP) is 6.08. The molecule has 7 nitrogen and oxygen atoms in total. The van der Waals surface area contributed by atoms with E-state index in [2.05, 4.69) is 31.7 Å². The second-order valence-electron chi connectivity index (χ2n) is 7.63. The normalized spacial score (nSPS) is 11.5. The zero-order chi connectivity index (χ0) is 24.1. The molecule has 0 bridgehead atoms. The molecule has 0 aliphatic rings. The fourth-order valence-electron chi connectivity index (χ4n) is 3.49. The molecule has 0 aliphatic carbocycles. The van der Waals surface area contributed by atoms with Crippen molar-refractivity contribution in [3.63, 3.8) is 0 Å². The molecule has 0 radical (unpaired) electrons. The predicted molar refractivity (Wildman–Crippen MR) is 136 cm³/mol. The van der Waals surface area contributed by atoms with Gasteiger partial charge in [0.15, 0.2) is 11.6 Å². The molecule has 1 atom stereocenters. The highest BCUT2D eigenvalue weighted by molar-refractivity contribution is 6.32. The number of rotatable bonds is 7. The number of aromatic nitrogens is 3. The molecule has 0 aliphatic heterocycles. The third kappa shape index (κ3) is 5.20. The van der Waals surface area contributed by atoms with Crippen molar-refractivity contribution in [1.29, 1.82) is 5.26 Å². The van der Waals surface area contributed by atoms with Crippen molar-refractivity contribution in [3.05, 3.63) is 99.6 Å². The number of hydrogen-bond donors (Lipinski definition) is 3. The summed E-state index contributed by atoms with van der Waals surface area (Å²) in [6, 6.07) is 17.0. The largest absolute Gasteiger partial charge is 0.393 e. The average molecular weight is 490 g/mol. The quantitative estimate of drug-likeness (QED) is 0.288. The topological polar surface area (TPSA) is 113 Å². The molecule has 0 spiro atoms. The van der Waals surface area contributed by atoms with Crippen LogP contribution in [0.25, 0.3) is 0 Å². The summed E-state index contributed by atoms with van der Waals surface area (Å²) in [7, 11) is 0. The van der Waals surface area contributed by atoms with Crippen LogP contribution in [-0.4, -0.2) is 15.0 Å². The highest BCUT2D eigenvalue weighted by Gasteiger charge is 2.19. The Morgan fingerprint density at radius 3 is 2.56 bits per heavy atom. The first-order chi connectivity index (χ1) is 16.5. The minimum absolute atomic E-state index is 0.377. The maximum absolute atomic E-state index is 9.82. The number of anilines is 4. The molecule has 0 fully saturated rings. The van der Waals surface area contributed by atoms with Crippen molar-refractivity contribution >= 4 is 46.2 Å². The van der Waals surface area contributed by atoms with Crippen LogP contribution in [0.1, 0.15) is 28.2 Å². The van der Waals surface area contributed by atoms with E-state index in [4.69, 9.17) is 28.9 Å². The van der Waals surface area contributed by atoms with E-state index in [9.17, 15) is 5.26 Å². The molecular weight excluding hydrogens is 469 g/mol. The summed E-state index contributed by atoms with van der Waals surface area (Å²) in [5.41, 5.74) is 10.8. The van der Waals surface area contributed by atoms with Gasteiger partial charge < -0.3 is 16.4 Å².